The van der Waals surface area contributed by atoms with E-state index in [0.717, 1.165) is 5.02 Å². The van der Waals surface area contributed by atoms with Crippen LogP contribution in [-0.4, -0.2) is 4.98 Å². The Kier molecular flexibility index (Phi) is 1.88. The number of aromatic nitrogens is 1. The lowest BCUT2D eigenvalue weighted by atomic mass is 10.1. The maximum atomic E-state index is 5.77. The highest BCUT2D eigenvalue weighted by molar-refractivity contribution is 6.30. The standard InChI is InChI=1S/C10H8ClN/c11-10-3-1-8(2-4-10)9-5-6-12-7-9/h1-7,12H. The minimum Gasteiger partial charge on any atom is -0.367 e. The van der Waals surface area contributed by atoms with E-state index in [0.29, 0.717) is 0 Å². The minimum atomic E-state index is 0.772. The fourth-order valence-electron chi connectivity index (χ4n) is 1.15. The zero-order valence-corrected chi connectivity index (χ0v) is 7.18. The van der Waals surface area contributed by atoms with Crippen molar-refractivity contribution in [3.63, 3.8) is 0 Å². The molecule has 0 saturated heterocycles. The third-order valence-corrected chi connectivity index (χ3v) is 2.03. The molecule has 0 radical (unpaired) electrons. The summed E-state index contributed by atoms with van der Waals surface area (Å²) in [6, 6.07) is 9.83. The maximum Gasteiger partial charge on any atom is 0.0406 e. The summed E-state index contributed by atoms with van der Waals surface area (Å²) in [6.45, 7) is 0. The Morgan fingerprint density at radius 3 is 2.25 bits per heavy atom. The molecule has 2 aromatic rings. The molecule has 0 aliphatic carbocycles. The van der Waals surface area contributed by atoms with Crippen LogP contribution in [0.5, 0.6) is 0 Å². The molecule has 0 aliphatic heterocycles. The first-order chi connectivity index (χ1) is 5.86. The van der Waals surface area contributed by atoms with Gasteiger partial charge in [0.25, 0.3) is 0 Å². The van der Waals surface area contributed by atoms with Gasteiger partial charge in [0, 0.05) is 17.4 Å². The predicted octanol–water partition coefficient (Wildman–Crippen LogP) is 3.34. The molecule has 0 amide bonds. The third kappa shape index (κ3) is 1.36. The second kappa shape index (κ2) is 3.03. The molecule has 2 heteroatoms. The molecule has 1 aromatic heterocycles. The van der Waals surface area contributed by atoms with Crippen LogP contribution in [0.2, 0.25) is 5.02 Å². The van der Waals surface area contributed by atoms with E-state index >= 15 is 0 Å². The maximum absolute atomic E-state index is 5.77. The summed E-state index contributed by atoms with van der Waals surface area (Å²) in [5.41, 5.74) is 2.37. The van der Waals surface area contributed by atoms with Gasteiger partial charge in [0.2, 0.25) is 0 Å². The van der Waals surface area contributed by atoms with Gasteiger partial charge in [0.1, 0.15) is 0 Å². The smallest absolute Gasteiger partial charge is 0.0406 e. The Balaban J connectivity index is 2.43. The molecule has 60 valence electrons. The van der Waals surface area contributed by atoms with Crippen LogP contribution in [0.25, 0.3) is 11.1 Å². The molecule has 1 heterocycles. The molecule has 0 spiro atoms. The first kappa shape index (κ1) is 7.44. The Morgan fingerprint density at radius 2 is 1.67 bits per heavy atom. The molecule has 0 atom stereocenters. The van der Waals surface area contributed by atoms with Crippen molar-refractivity contribution in [1.29, 1.82) is 0 Å². The van der Waals surface area contributed by atoms with Crippen molar-refractivity contribution in [2.24, 2.45) is 0 Å². The number of aromatic amines is 1. The van der Waals surface area contributed by atoms with Gasteiger partial charge in [-0.15, -0.1) is 0 Å². The van der Waals surface area contributed by atoms with E-state index in [1.807, 2.05) is 42.7 Å². The minimum absolute atomic E-state index is 0.772. The molecule has 1 aromatic carbocycles. The van der Waals surface area contributed by atoms with Crippen molar-refractivity contribution in [3.05, 3.63) is 47.7 Å². The SMILES string of the molecule is Clc1ccc(-c2cc[nH]c2)cc1. The molecular formula is C10H8ClN. The summed E-state index contributed by atoms with van der Waals surface area (Å²) in [6.07, 6.45) is 3.87. The Hall–Kier alpha value is -1.21. The Labute approximate surface area is 76.0 Å². The van der Waals surface area contributed by atoms with E-state index in [2.05, 4.69) is 4.98 Å². The average molecular weight is 178 g/mol. The summed E-state index contributed by atoms with van der Waals surface area (Å²) in [5, 5.41) is 0.772. The van der Waals surface area contributed by atoms with Crippen LogP contribution in [0.4, 0.5) is 0 Å². The van der Waals surface area contributed by atoms with Gasteiger partial charge in [-0.05, 0) is 29.3 Å². The van der Waals surface area contributed by atoms with E-state index in [9.17, 15) is 0 Å². The molecule has 1 nitrogen and oxygen atoms in total. The molecular weight excluding hydrogens is 170 g/mol. The highest BCUT2D eigenvalue weighted by Gasteiger charge is 1.95. The van der Waals surface area contributed by atoms with Crippen molar-refractivity contribution in [2.45, 2.75) is 0 Å². The number of hydrogen-bond donors (Lipinski definition) is 1. The largest absolute Gasteiger partial charge is 0.367 e. The van der Waals surface area contributed by atoms with Crippen LogP contribution in [-0.2, 0) is 0 Å². The third-order valence-electron chi connectivity index (χ3n) is 1.78. The van der Waals surface area contributed by atoms with Gasteiger partial charge < -0.3 is 4.98 Å². The van der Waals surface area contributed by atoms with Gasteiger partial charge in [-0.25, -0.2) is 0 Å². The summed E-state index contributed by atoms with van der Waals surface area (Å²) >= 11 is 5.77. The first-order valence-corrected chi connectivity index (χ1v) is 4.13. The lowest BCUT2D eigenvalue weighted by Crippen LogP contribution is -1.71. The van der Waals surface area contributed by atoms with Crippen molar-refractivity contribution < 1.29 is 0 Å². The molecule has 0 unspecified atom stereocenters. The van der Waals surface area contributed by atoms with Crippen molar-refractivity contribution in [2.75, 3.05) is 0 Å². The van der Waals surface area contributed by atoms with Crippen LogP contribution in [0.1, 0.15) is 0 Å². The first-order valence-electron chi connectivity index (χ1n) is 3.75. The normalized spacial score (nSPS) is 10.1. The van der Waals surface area contributed by atoms with E-state index in [4.69, 9.17) is 11.6 Å². The Morgan fingerprint density at radius 1 is 0.917 bits per heavy atom. The zero-order valence-electron chi connectivity index (χ0n) is 6.42. The van der Waals surface area contributed by atoms with Gasteiger partial charge in [-0.1, -0.05) is 23.7 Å². The highest BCUT2D eigenvalue weighted by Crippen LogP contribution is 2.20. The van der Waals surface area contributed by atoms with Crippen LogP contribution >= 0.6 is 11.6 Å². The highest BCUT2D eigenvalue weighted by atomic mass is 35.5. The van der Waals surface area contributed by atoms with Gasteiger partial charge >= 0.3 is 0 Å². The number of benzene rings is 1. The van der Waals surface area contributed by atoms with E-state index in [1.165, 1.54) is 11.1 Å². The lowest BCUT2D eigenvalue weighted by Gasteiger charge is -1.95. The van der Waals surface area contributed by atoms with Crippen molar-refractivity contribution in [1.82, 2.24) is 4.98 Å². The van der Waals surface area contributed by atoms with Gasteiger partial charge in [-0.2, -0.15) is 0 Å². The van der Waals surface area contributed by atoms with E-state index < -0.39 is 0 Å². The van der Waals surface area contributed by atoms with E-state index in [1.54, 1.807) is 0 Å². The van der Waals surface area contributed by atoms with Crippen LogP contribution < -0.4 is 0 Å². The second-order valence-corrected chi connectivity index (χ2v) is 3.04. The summed E-state index contributed by atoms with van der Waals surface area (Å²) in [5.74, 6) is 0. The average Bonchev–Trinajstić information content (AvgIpc) is 2.58. The zero-order chi connectivity index (χ0) is 8.39. The van der Waals surface area contributed by atoms with Crippen molar-refractivity contribution >= 4 is 11.6 Å². The number of rotatable bonds is 1. The molecule has 2 rings (SSSR count). The fourth-order valence-corrected chi connectivity index (χ4v) is 1.27. The predicted molar refractivity (Wildman–Crippen MR) is 51.2 cm³/mol. The fraction of sp³-hybridized carbons (Fsp3) is 0. The number of nitrogens with one attached hydrogen (secondary N) is 1. The second-order valence-electron chi connectivity index (χ2n) is 2.61. The Bertz CT molecular complexity index is 348. The quantitative estimate of drug-likeness (QED) is 0.688. The molecule has 0 bridgehead atoms. The summed E-state index contributed by atoms with van der Waals surface area (Å²) in [7, 11) is 0. The van der Waals surface area contributed by atoms with Gasteiger partial charge in [0.05, 0.1) is 0 Å². The van der Waals surface area contributed by atoms with Crippen molar-refractivity contribution in [3.8, 4) is 11.1 Å². The van der Waals surface area contributed by atoms with Crippen LogP contribution in [0.3, 0.4) is 0 Å². The van der Waals surface area contributed by atoms with Gasteiger partial charge in [0.15, 0.2) is 0 Å². The van der Waals surface area contributed by atoms with Gasteiger partial charge in [-0.3, -0.25) is 0 Å². The molecule has 1 N–H and O–H groups in total. The van der Waals surface area contributed by atoms with E-state index in [-0.39, 0.29) is 0 Å². The summed E-state index contributed by atoms with van der Waals surface area (Å²) in [4.78, 5) is 3.01. The lowest BCUT2D eigenvalue weighted by molar-refractivity contribution is 1.41. The van der Waals surface area contributed by atoms with Crippen LogP contribution in [0.15, 0.2) is 42.7 Å². The number of hydrogen-bond acceptors (Lipinski definition) is 0. The number of halogens is 1. The molecule has 12 heavy (non-hydrogen) atoms. The van der Waals surface area contributed by atoms with Crippen LogP contribution in [0, 0.1) is 0 Å². The molecule has 0 saturated carbocycles. The summed E-state index contributed by atoms with van der Waals surface area (Å²) < 4.78 is 0. The molecule has 0 fully saturated rings. The monoisotopic (exact) mass is 177 g/mol. The number of H-pyrrole nitrogens is 1. The molecule has 0 aliphatic rings. The topological polar surface area (TPSA) is 15.8 Å².